The standard InChI is InChI=1S/C19H26FN3O/c1-14-5-6-17(21)18(13-16(14)20)23-9-8-22-19(23)12-15-4-2-3-10-24-11-7-15/h5,8-9,13,15H,2-4,6-7,10-12,21H2,1H3. The second-order valence-corrected chi connectivity index (χ2v) is 6.67. The van der Waals surface area contributed by atoms with E-state index < -0.39 is 0 Å². The third-order valence-electron chi connectivity index (χ3n) is 4.87. The Balaban J connectivity index is 1.82. The molecule has 1 aromatic heterocycles. The van der Waals surface area contributed by atoms with Gasteiger partial charge in [0.1, 0.15) is 11.7 Å². The van der Waals surface area contributed by atoms with Crippen LogP contribution in [0.4, 0.5) is 4.39 Å². The zero-order valence-corrected chi connectivity index (χ0v) is 14.3. The lowest BCUT2D eigenvalue weighted by molar-refractivity contribution is 0.0997. The number of rotatable bonds is 3. The van der Waals surface area contributed by atoms with Gasteiger partial charge in [-0.1, -0.05) is 12.5 Å². The summed E-state index contributed by atoms with van der Waals surface area (Å²) < 4.78 is 21.7. The summed E-state index contributed by atoms with van der Waals surface area (Å²) >= 11 is 0. The van der Waals surface area contributed by atoms with Crippen LogP contribution in [-0.4, -0.2) is 22.8 Å². The van der Waals surface area contributed by atoms with E-state index in [9.17, 15) is 4.39 Å². The largest absolute Gasteiger partial charge is 0.400 e. The summed E-state index contributed by atoms with van der Waals surface area (Å²) in [7, 11) is 0. The zero-order chi connectivity index (χ0) is 16.9. The third kappa shape index (κ3) is 3.96. The Kier molecular flexibility index (Phi) is 5.51. The highest BCUT2D eigenvalue weighted by atomic mass is 19.1. The van der Waals surface area contributed by atoms with Crippen LogP contribution >= 0.6 is 0 Å². The van der Waals surface area contributed by atoms with Crippen molar-refractivity contribution in [1.82, 2.24) is 9.55 Å². The Labute approximate surface area is 142 Å². The molecule has 1 fully saturated rings. The molecule has 1 saturated heterocycles. The van der Waals surface area contributed by atoms with Gasteiger partial charge in [0.25, 0.3) is 0 Å². The molecule has 3 rings (SSSR count). The van der Waals surface area contributed by atoms with Gasteiger partial charge in [0.15, 0.2) is 0 Å². The molecule has 1 atom stereocenters. The summed E-state index contributed by atoms with van der Waals surface area (Å²) in [5.41, 5.74) is 8.20. The molecule has 0 radical (unpaired) electrons. The highest BCUT2D eigenvalue weighted by Gasteiger charge is 2.18. The van der Waals surface area contributed by atoms with E-state index >= 15 is 0 Å². The maximum Gasteiger partial charge on any atom is 0.127 e. The Morgan fingerprint density at radius 1 is 1.33 bits per heavy atom. The van der Waals surface area contributed by atoms with Crippen LogP contribution in [0.5, 0.6) is 0 Å². The molecule has 2 aliphatic rings. The van der Waals surface area contributed by atoms with Gasteiger partial charge in [0, 0.05) is 44.1 Å². The van der Waals surface area contributed by atoms with E-state index in [0.717, 1.165) is 38.3 Å². The quantitative estimate of drug-likeness (QED) is 0.912. The number of imidazole rings is 1. The fourth-order valence-electron chi connectivity index (χ4n) is 3.32. The molecule has 130 valence electrons. The predicted molar refractivity (Wildman–Crippen MR) is 93.7 cm³/mol. The Morgan fingerprint density at radius 3 is 3.08 bits per heavy atom. The lowest BCUT2D eigenvalue weighted by Gasteiger charge is -2.20. The van der Waals surface area contributed by atoms with E-state index in [1.54, 1.807) is 13.1 Å². The van der Waals surface area contributed by atoms with Crippen molar-refractivity contribution in [2.45, 2.75) is 45.4 Å². The van der Waals surface area contributed by atoms with Crippen LogP contribution < -0.4 is 5.73 Å². The highest BCUT2D eigenvalue weighted by molar-refractivity contribution is 5.64. The number of ether oxygens (including phenoxy) is 1. The van der Waals surface area contributed by atoms with Gasteiger partial charge in [-0.3, -0.25) is 0 Å². The highest BCUT2D eigenvalue weighted by Crippen LogP contribution is 2.27. The van der Waals surface area contributed by atoms with Crippen LogP contribution in [-0.2, 0) is 11.2 Å². The average Bonchev–Trinajstić information content (AvgIpc) is 2.95. The average molecular weight is 331 g/mol. The molecule has 0 saturated carbocycles. The van der Waals surface area contributed by atoms with Gasteiger partial charge in [-0.05, 0) is 43.8 Å². The van der Waals surface area contributed by atoms with Gasteiger partial charge in [-0.15, -0.1) is 0 Å². The Morgan fingerprint density at radius 2 is 2.21 bits per heavy atom. The second-order valence-electron chi connectivity index (χ2n) is 6.67. The molecular formula is C19H26FN3O. The van der Waals surface area contributed by atoms with Crippen molar-refractivity contribution in [3.05, 3.63) is 47.5 Å². The first kappa shape index (κ1) is 17.0. The zero-order valence-electron chi connectivity index (χ0n) is 14.3. The van der Waals surface area contributed by atoms with E-state index in [-0.39, 0.29) is 5.83 Å². The minimum atomic E-state index is -0.232. The maximum absolute atomic E-state index is 14.2. The normalized spacial score (nSPS) is 23.2. The van der Waals surface area contributed by atoms with Crippen molar-refractivity contribution in [1.29, 1.82) is 0 Å². The second kappa shape index (κ2) is 7.79. The van der Waals surface area contributed by atoms with Crippen LogP contribution in [0.1, 0.15) is 44.9 Å². The molecule has 2 heterocycles. The summed E-state index contributed by atoms with van der Waals surface area (Å²) in [6.45, 7) is 3.46. The van der Waals surface area contributed by atoms with Gasteiger partial charge in [0.2, 0.25) is 0 Å². The lowest BCUT2D eigenvalue weighted by Crippen LogP contribution is -2.16. The van der Waals surface area contributed by atoms with Gasteiger partial charge in [-0.25, -0.2) is 9.37 Å². The van der Waals surface area contributed by atoms with Crippen molar-refractivity contribution < 1.29 is 9.13 Å². The number of nitrogens with zero attached hydrogens (tertiary/aromatic N) is 2. The molecule has 1 unspecified atom stereocenters. The topological polar surface area (TPSA) is 53.1 Å². The number of allylic oxidation sites excluding steroid dienone is 5. The van der Waals surface area contributed by atoms with Crippen LogP contribution in [0.2, 0.25) is 0 Å². The van der Waals surface area contributed by atoms with Crippen molar-refractivity contribution in [2.75, 3.05) is 13.2 Å². The number of nitrogens with two attached hydrogens (primary N) is 1. The van der Waals surface area contributed by atoms with E-state index in [1.165, 1.54) is 18.9 Å². The number of hydrogen-bond donors (Lipinski definition) is 1. The molecule has 5 heteroatoms. The minimum Gasteiger partial charge on any atom is -0.400 e. The molecule has 0 spiro atoms. The summed E-state index contributed by atoms with van der Waals surface area (Å²) in [4.78, 5) is 4.51. The number of hydrogen-bond acceptors (Lipinski definition) is 3. The van der Waals surface area contributed by atoms with Crippen molar-refractivity contribution in [2.24, 2.45) is 11.7 Å². The summed E-state index contributed by atoms with van der Waals surface area (Å²) in [6, 6.07) is 0. The number of halogens is 1. The van der Waals surface area contributed by atoms with Gasteiger partial charge >= 0.3 is 0 Å². The Hall–Kier alpha value is -1.88. The SMILES string of the molecule is CC1=CCC(N)=C(n2ccnc2CC2CCCCOCC2)C=C1F. The first-order chi connectivity index (χ1) is 11.6. The molecule has 24 heavy (non-hydrogen) atoms. The van der Waals surface area contributed by atoms with Crippen LogP contribution in [0.15, 0.2) is 41.6 Å². The maximum atomic E-state index is 14.2. The third-order valence-corrected chi connectivity index (χ3v) is 4.87. The first-order valence-electron chi connectivity index (χ1n) is 8.78. The Bertz CT molecular complexity index is 664. The number of aromatic nitrogens is 2. The lowest BCUT2D eigenvalue weighted by atomic mass is 9.94. The summed E-state index contributed by atoms with van der Waals surface area (Å²) in [5, 5.41) is 0. The van der Waals surface area contributed by atoms with Gasteiger partial charge in [-0.2, -0.15) is 0 Å². The van der Waals surface area contributed by atoms with Crippen LogP contribution in [0, 0.1) is 5.92 Å². The van der Waals surface area contributed by atoms with E-state index in [4.69, 9.17) is 10.5 Å². The molecule has 0 amide bonds. The van der Waals surface area contributed by atoms with E-state index in [2.05, 4.69) is 4.98 Å². The van der Waals surface area contributed by atoms with Crippen LogP contribution in [0.3, 0.4) is 0 Å². The van der Waals surface area contributed by atoms with E-state index in [0.29, 0.717) is 29.3 Å². The summed E-state index contributed by atoms with van der Waals surface area (Å²) in [6.07, 6.45) is 13.0. The van der Waals surface area contributed by atoms with Crippen molar-refractivity contribution in [3.63, 3.8) is 0 Å². The van der Waals surface area contributed by atoms with Crippen molar-refractivity contribution >= 4 is 5.70 Å². The first-order valence-corrected chi connectivity index (χ1v) is 8.78. The monoisotopic (exact) mass is 331 g/mol. The van der Waals surface area contributed by atoms with Gasteiger partial charge < -0.3 is 15.0 Å². The molecule has 1 aliphatic carbocycles. The smallest absolute Gasteiger partial charge is 0.127 e. The van der Waals surface area contributed by atoms with Gasteiger partial charge in [0.05, 0.1) is 5.70 Å². The van der Waals surface area contributed by atoms with E-state index in [1.807, 2.05) is 16.8 Å². The molecule has 2 N–H and O–H groups in total. The fourth-order valence-corrected chi connectivity index (χ4v) is 3.32. The molecule has 4 nitrogen and oxygen atoms in total. The molecule has 0 bridgehead atoms. The fraction of sp³-hybridized carbons (Fsp3) is 0.526. The molecular weight excluding hydrogens is 305 g/mol. The molecule has 1 aliphatic heterocycles. The van der Waals surface area contributed by atoms with Crippen molar-refractivity contribution in [3.8, 4) is 0 Å². The minimum absolute atomic E-state index is 0.232. The molecule has 0 aromatic carbocycles. The summed E-state index contributed by atoms with van der Waals surface area (Å²) in [5.74, 6) is 1.26. The van der Waals surface area contributed by atoms with Crippen LogP contribution in [0.25, 0.3) is 5.70 Å². The molecule has 1 aromatic rings. The predicted octanol–water partition coefficient (Wildman–Crippen LogP) is 3.96.